The maximum atomic E-state index is 13.2. The van der Waals surface area contributed by atoms with Crippen molar-refractivity contribution in [1.29, 1.82) is 0 Å². The lowest BCUT2D eigenvalue weighted by Crippen LogP contribution is -2.22. The smallest absolute Gasteiger partial charge is 0.313 e. The summed E-state index contributed by atoms with van der Waals surface area (Å²) in [6.07, 6.45) is 2.52. The number of rotatable bonds is 9. The molecule has 10 nitrogen and oxygen atoms in total. The van der Waals surface area contributed by atoms with E-state index >= 15 is 0 Å². The number of hydrogen-bond donors (Lipinski definition) is 1. The minimum absolute atomic E-state index is 0.0870. The number of hydrogen-bond acceptors (Lipinski definition) is 7. The van der Waals surface area contributed by atoms with Crippen molar-refractivity contribution in [2.75, 3.05) is 11.9 Å². The van der Waals surface area contributed by atoms with Crippen LogP contribution in [0.5, 0.6) is 5.75 Å². The fraction of sp³-hybridized carbons (Fsp3) is 0.185. The van der Waals surface area contributed by atoms with E-state index in [0.717, 1.165) is 16.5 Å². The molecule has 0 saturated heterocycles. The number of halogens is 2. The molecule has 0 aliphatic rings. The zero-order chi connectivity index (χ0) is 28.1. The molecule has 0 spiro atoms. The number of ether oxygens (including phenoxy) is 1. The van der Waals surface area contributed by atoms with Gasteiger partial charge < -0.3 is 10.1 Å². The molecule has 1 aromatic heterocycles. The normalized spacial score (nSPS) is 11.2. The third kappa shape index (κ3) is 6.50. The van der Waals surface area contributed by atoms with Crippen molar-refractivity contribution in [3.8, 4) is 5.75 Å². The number of aromatic nitrogens is 2. The molecule has 0 aliphatic carbocycles. The van der Waals surface area contributed by atoms with Gasteiger partial charge in [-0.15, -0.1) is 0 Å². The summed E-state index contributed by atoms with van der Waals surface area (Å²) in [6.45, 7) is 3.30. The molecule has 0 atom stereocenters. The monoisotopic (exact) mass is 611 g/mol. The Kier molecular flexibility index (Phi) is 8.72. The van der Waals surface area contributed by atoms with Crippen LogP contribution in [-0.4, -0.2) is 33.3 Å². The molecule has 1 N–H and O–H groups in total. The largest absolute Gasteiger partial charge is 0.476 e. The molecule has 0 bridgehead atoms. The number of nitrogens with zero attached hydrogens (tertiary/aromatic N) is 4. The molecule has 0 unspecified atom stereocenters. The van der Waals surface area contributed by atoms with Crippen LogP contribution in [0.25, 0.3) is 10.9 Å². The van der Waals surface area contributed by atoms with Gasteiger partial charge in [-0.1, -0.05) is 52.7 Å². The lowest BCUT2D eigenvalue weighted by Gasteiger charge is -2.11. The first-order chi connectivity index (χ1) is 18.7. The second-order valence-corrected chi connectivity index (χ2v) is 9.88. The maximum absolute atomic E-state index is 13.2. The summed E-state index contributed by atoms with van der Waals surface area (Å²) < 4.78 is 7.35. The number of nitrogens with one attached hydrogen (secondary N) is 1. The first-order valence-electron chi connectivity index (χ1n) is 11.9. The van der Waals surface area contributed by atoms with Crippen molar-refractivity contribution >= 4 is 61.9 Å². The van der Waals surface area contributed by atoms with Crippen molar-refractivity contribution < 1.29 is 14.5 Å². The molecular formula is C27H23BrClN5O5. The number of para-hydroxylation sites is 1. The van der Waals surface area contributed by atoms with Crippen molar-refractivity contribution in [3.63, 3.8) is 0 Å². The average molecular weight is 613 g/mol. The number of nitro groups is 1. The van der Waals surface area contributed by atoms with Gasteiger partial charge in [-0.2, -0.15) is 9.78 Å². The zero-order valence-electron chi connectivity index (χ0n) is 21.0. The molecule has 1 heterocycles. The number of benzene rings is 3. The summed E-state index contributed by atoms with van der Waals surface area (Å²) in [7, 11) is 0. The van der Waals surface area contributed by atoms with Crippen LogP contribution >= 0.6 is 27.5 Å². The third-order valence-corrected chi connectivity index (χ3v) is 6.46. The molecule has 0 fully saturated rings. The fourth-order valence-electron chi connectivity index (χ4n) is 3.81. The van der Waals surface area contributed by atoms with Gasteiger partial charge in [0.05, 0.1) is 27.1 Å². The van der Waals surface area contributed by atoms with Crippen LogP contribution < -0.4 is 15.6 Å². The summed E-state index contributed by atoms with van der Waals surface area (Å²) in [5.74, 6) is -0.299. The van der Waals surface area contributed by atoms with Gasteiger partial charge in [0.2, 0.25) is 5.75 Å². The Labute approximate surface area is 236 Å². The van der Waals surface area contributed by atoms with Crippen LogP contribution in [0, 0.1) is 17.0 Å². The molecule has 12 heteroatoms. The van der Waals surface area contributed by atoms with Crippen molar-refractivity contribution in [1.82, 2.24) is 9.66 Å². The lowest BCUT2D eigenvalue weighted by molar-refractivity contribution is -0.385. The van der Waals surface area contributed by atoms with Crippen LogP contribution in [0.4, 0.5) is 11.4 Å². The molecular weight excluding hydrogens is 590 g/mol. The maximum Gasteiger partial charge on any atom is 0.313 e. The van der Waals surface area contributed by atoms with E-state index in [0.29, 0.717) is 28.8 Å². The first-order valence-corrected chi connectivity index (χ1v) is 13.1. The van der Waals surface area contributed by atoms with E-state index in [9.17, 15) is 19.7 Å². The summed E-state index contributed by atoms with van der Waals surface area (Å²) in [6, 6.07) is 15.0. The molecule has 200 valence electrons. The van der Waals surface area contributed by atoms with Crippen LogP contribution in [0.3, 0.4) is 0 Å². The standard InChI is InChI=1S/C27H23BrClN5O5/c1-3-6-24-31-22-10-9-18(28)13-19(22)27(36)33(24)30-14-17-11-20(29)26(23(12-17)34(37)38)39-15-25(35)32-21-8-5-4-7-16(21)2/h4-5,7-14H,3,6,15H2,1-2H3,(H,32,35). The van der Waals surface area contributed by atoms with Crippen LogP contribution in [0.2, 0.25) is 5.02 Å². The number of carbonyl (C=O) groups is 1. The number of aryl methyl sites for hydroxylation is 2. The molecule has 0 radical (unpaired) electrons. The predicted molar refractivity (Wildman–Crippen MR) is 154 cm³/mol. The van der Waals surface area contributed by atoms with Gasteiger partial charge in [-0.05, 0) is 49.2 Å². The van der Waals surface area contributed by atoms with Gasteiger partial charge in [0, 0.05) is 28.2 Å². The Morgan fingerprint density at radius 1 is 1.26 bits per heavy atom. The zero-order valence-corrected chi connectivity index (χ0v) is 23.3. The van der Waals surface area contributed by atoms with Gasteiger partial charge in [0.15, 0.2) is 6.61 Å². The average Bonchev–Trinajstić information content (AvgIpc) is 2.89. The Morgan fingerprint density at radius 3 is 2.74 bits per heavy atom. The van der Waals surface area contributed by atoms with Gasteiger partial charge in [-0.25, -0.2) is 4.98 Å². The highest BCUT2D eigenvalue weighted by atomic mass is 79.9. The van der Waals surface area contributed by atoms with E-state index in [2.05, 4.69) is 31.3 Å². The van der Waals surface area contributed by atoms with Gasteiger partial charge >= 0.3 is 5.69 Å². The second-order valence-electron chi connectivity index (χ2n) is 8.56. The van der Waals surface area contributed by atoms with E-state index in [1.807, 2.05) is 26.0 Å². The van der Waals surface area contributed by atoms with Gasteiger partial charge in [0.25, 0.3) is 11.5 Å². The third-order valence-electron chi connectivity index (χ3n) is 5.68. The molecule has 4 rings (SSSR count). The van der Waals surface area contributed by atoms with E-state index in [4.69, 9.17) is 16.3 Å². The van der Waals surface area contributed by atoms with Crippen molar-refractivity contribution in [2.24, 2.45) is 5.10 Å². The Balaban J connectivity index is 1.62. The van der Waals surface area contributed by atoms with Crippen molar-refractivity contribution in [3.05, 3.63) is 102 Å². The highest BCUT2D eigenvalue weighted by Crippen LogP contribution is 2.36. The Bertz CT molecular complexity index is 1670. The highest BCUT2D eigenvalue weighted by molar-refractivity contribution is 9.10. The second kappa shape index (κ2) is 12.2. The lowest BCUT2D eigenvalue weighted by atomic mass is 10.2. The molecule has 4 aromatic rings. The Morgan fingerprint density at radius 2 is 2.03 bits per heavy atom. The van der Waals surface area contributed by atoms with E-state index in [1.165, 1.54) is 23.0 Å². The summed E-state index contributed by atoms with van der Waals surface area (Å²) >= 11 is 9.69. The van der Waals surface area contributed by atoms with Crippen LogP contribution in [0.15, 0.2) is 69.0 Å². The topological polar surface area (TPSA) is 129 Å². The molecule has 0 aliphatic heterocycles. The highest BCUT2D eigenvalue weighted by Gasteiger charge is 2.22. The number of amides is 1. The van der Waals surface area contributed by atoms with E-state index < -0.39 is 23.1 Å². The van der Waals surface area contributed by atoms with Crippen molar-refractivity contribution in [2.45, 2.75) is 26.7 Å². The molecule has 3 aromatic carbocycles. The molecule has 1 amide bonds. The Hall–Kier alpha value is -4.09. The van der Waals surface area contributed by atoms with Crippen LogP contribution in [-0.2, 0) is 11.2 Å². The van der Waals surface area contributed by atoms with Crippen LogP contribution in [0.1, 0.15) is 30.3 Å². The quantitative estimate of drug-likeness (QED) is 0.143. The number of fused-ring (bicyclic) bond motifs is 1. The van der Waals surface area contributed by atoms with E-state index in [1.54, 1.807) is 30.3 Å². The first kappa shape index (κ1) is 27.9. The minimum Gasteiger partial charge on any atom is -0.476 e. The van der Waals surface area contributed by atoms with Gasteiger partial charge in [-0.3, -0.25) is 19.7 Å². The fourth-order valence-corrected chi connectivity index (χ4v) is 4.45. The summed E-state index contributed by atoms with van der Waals surface area (Å²) in [5, 5.41) is 19.1. The molecule has 39 heavy (non-hydrogen) atoms. The summed E-state index contributed by atoms with van der Waals surface area (Å²) in [5.41, 5.74) is 1.44. The number of carbonyl (C=O) groups excluding carboxylic acids is 1. The van der Waals surface area contributed by atoms with Gasteiger partial charge in [0.1, 0.15) is 5.82 Å². The molecule has 0 saturated carbocycles. The predicted octanol–water partition coefficient (Wildman–Crippen LogP) is 5.88. The number of nitro benzene ring substituents is 1. The summed E-state index contributed by atoms with van der Waals surface area (Å²) in [4.78, 5) is 41.3. The van der Waals surface area contributed by atoms with E-state index in [-0.39, 0.29) is 21.9 Å². The minimum atomic E-state index is -0.665. The SMILES string of the molecule is CCCc1nc2ccc(Br)cc2c(=O)n1N=Cc1cc(Cl)c(OCC(=O)Nc2ccccc2C)c([N+](=O)[O-])c1. The number of anilines is 1.